The van der Waals surface area contributed by atoms with E-state index in [4.69, 9.17) is 9.47 Å². The van der Waals surface area contributed by atoms with Gasteiger partial charge in [0.2, 0.25) is 0 Å². The lowest BCUT2D eigenvalue weighted by Gasteiger charge is -2.25. The van der Waals surface area contributed by atoms with Crippen molar-refractivity contribution in [1.82, 2.24) is 4.90 Å². The van der Waals surface area contributed by atoms with E-state index >= 15 is 0 Å². The maximum atomic E-state index is 5.51. The summed E-state index contributed by atoms with van der Waals surface area (Å²) in [4.78, 5) is 2.36. The lowest BCUT2D eigenvalue weighted by Crippen LogP contribution is -2.30. The van der Waals surface area contributed by atoms with E-state index < -0.39 is 0 Å². The van der Waals surface area contributed by atoms with Gasteiger partial charge in [-0.15, -0.1) is 0 Å². The van der Waals surface area contributed by atoms with Gasteiger partial charge in [0.05, 0.1) is 13.2 Å². The summed E-state index contributed by atoms with van der Waals surface area (Å²) in [5.74, 6) is 0.787. The van der Waals surface area contributed by atoms with Crippen LogP contribution in [0.4, 0.5) is 0 Å². The largest absolute Gasteiger partial charge is 0.353 e. The number of rotatable bonds is 6. The third kappa shape index (κ3) is 6.13. The summed E-state index contributed by atoms with van der Waals surface area (Å²) >= 11 is 0. The highest BCUT2D eigenvalue weighted by atomic mass is 16.7. The predicted octanol–water partition coefficient (Wildman–Crippen LogP) is 2.12. The zero-order valence-corrected chi connectivity index (χ0v) is 10.4. The fraction of sp³-hybridized carbons (Fsp3) is 1.00. The third-order valence-electron chi connectivity index (χ3n) is 2.73. The maximum absolute atomic E-state index is 5.51. The first-order valence-electron chi connectivity index (χ1n) is 6.10. The third-order valence-corrected chi connectivity index (χ3v) is 2.73. The van der Waals surface area contributed by atoms with Crippen molar-refractivity contribution in [3.05, 3.63) is 0 Å². The molecule has 3 heteroatoms. The van der Waals surface area contributed by atoms with Crippen LogP contribution in [0.3, 0.4) is 0 Å². The monoisotopic (exact) mass is 215 g/mol. The molecule has 0 spiro atoms. The van der Waals surface area contributed by atoms with Crippen molar-refractivity contribution in [3.8, 4) is 0 Å². The Morgan fingerprint density at radius 2 is 1.87 bits per heavy atom. The molecule has 0 aromatic carbocycles. The van der Waals surface area contributed by atoms with Gasteiger partial charge in [0.1, 0.15) is 0 Å². The van der Waals surface area contributed by atoms with Gasteiger partial charge in [-0.2, -0.15) is 0 Å². The van der Waals surface area contributed by atoms with Gasteiger partial charge in [0.15, 0.2) is 6.29 Å². The van der Waals surface area contributed by atoms with Gasteiger partial charge in [-0.25, -0.2) is 0 Å². The molecule has 0 bridgehead atoms. The van der Waals surface area contributed by atoms with Crippen molar-refractivity contribution in [2.24, 2.45) is 5.92 Å². The highest BCUT2D eigenvalue weighted by molar-refractivity contribution is 4.58. The lowest BCUT2D eigenvalue weighted by molar-refractivity contribution is -0.182. The fourth-order valence-corrected chi connectivity index (χ4v) is 1.62. The number of hydrogen-bond donors (Lipinski definition) is 0. The van der Waals surface area contributed by atoms with E-state index in [1.165, 1.54) is 13.0 Å². The first-order valence-corrected chi connectivity index (χ1v) is 6.10. The molecule has 1 saturated heterocycles. The Hall–Kier alpha value is -0.120. The van der Waals surface area contributed by atoms with E-state index in [0.717, 1.165) is 38.5 Å². The Labute approximate surface area is 93.7 Å². The second kappa shape index (κ2) is 7.20. The fourth-order valence-electron chi connectivity index (χ4n) is 1.62. The van der Waals surface area contributed by atoms with E-state index in [1.54, 1.807) is 0 Å². The summed E-state index contributed by atoms with van der Waals surface area (Å²) in [6.07, 6.45) is 3.34. The minimum absolute atomic E-state index is 0.0419. The van der Waals surface area contributed by atoms with Crippen LogP contribution in [-0.2, 0) is 9.47 Å². The zero-order valence-electron chi connectivity index (χ0n) is 10.4. The van der Waals surface area contributed by atoms with Crippen molar-refractivity contribution >= 4 is 0 Å². The summed E-state index contributed by atoms with van der Waals surface area (Å²) in [7, 11) is 2.17. The predicted molar refractivity (Wildman–Crippen MR) is 61.9 cm³/mol. The topological polar surface area (TPSA) is 21.7 Å². The van der Waals surface area contributed by atoms with Gasteiger partial charge in [-0.3, -0.25) is 0 Å². The van der Waals surface area contributed by atoms with Gasteiger partial charge < -0.3 is 14.4 Å². The van der Waals surface area contributed by atoms with Crippen molar-refractivity contribution < 1.29 is 9.47 Å². The second-order valence-electron chi connectivity index (χ2n) is 4.80. The second-order valence-corrected chi connectivity index (χ2v) is 4.80. The Balaban J connectivity index is 2.02. The molecule has 0 N–H and O–H groups in total. The number of ether oxygens (including phenoxy) is 2. The van der Waals surface area contributed by atoms with Crippen molar-refractivity contribution in [2.75, 3.05) is 33.4 Å². The summed E-state index contributed by atoms with van der Waals surface area (Å²) in [5, 5.41) is 0. The first-order chi connectivity index (χ1) is 7.18. The Bertz CT molecular complexity index is 156. The minimum Gasteiger partial charge on any atom is -0.353 e. The van der Waals surface area contributed by atoms with Crippen LogP contribution in [0.15, 0.2) is 0 Å². The zero-order chi connectivity index (χ0) is 11.1. The average molecular weight is 215 g/mol. The highest BCUT2D eigenvalue weighted by Gasteiger charge is 2.14. The smallest absolute Gasteiger partial charge is 0.158 e. The Kier molecular flexibility index (Phi) is 6.22. The molecule has 15 heavy (non-hydrogen) atoms. The minimum atomic E-state index is 0.0419. The molecular weight excluding hydrogens is 190 g/mol. The number of nitrogens with zero attached hydrogens (tertiary/aromatic N) is 1. The lowest BCUT2D eigenvalue weighted by atomic mass is 10.1. The van der Waals surface area contributed by atoms with E-state index in [0.29, 0.717) is 0 Å². The Morgan fingerprint density at radius 1 is 1.20 bits per heavy atom. The van der Waals surface area contributed by atoms with Gasteiger partial charge in [0, 0.05) is 13.0 Å². The van der Waals surface area contributed by atoms with Crippen molar-refractivity contribution in [3.63, 3.8) is 0 Å². The van der Waals surface area contributed by atoms with Crippen LogP contribution >= 0.6 is 0 Å². The van der Waals surface area contributed by atoms with E-state index in [-0.39, 0.29) is 6.29 Å². The van der Waals surface area contributed by atoms with Crippen LogP contribution in [0.1, 0.15) is 33.1 Å². The van der Waals surface area contributed by atoms with Crippen LogP contribution in [0.25, 0.3) is 0 Å². The quantitative estimate of drug-likeness (QED) is 0.677. The van der Waals surface area contributed by atoms with Crippen LogP contribution in [-0.4, -0.2) is 44.5 Å². The summed E-state index contributed by atoms with van der Waals surface area (Å²) in [6, 6.07) is 0. The Morgan fingerprint density at radius 3 is 2.47 bits per heavy atom. The molecule has 0 saturated carbocycles. The molecule has 3 nitrogen and oxygen atoms in total. The van der Waals surface area contributed by atoms with Crippen molar-refractivity contribution in [1.29, 1.82) is 0 Å². The van der Waals surface area contributed by atoms with Gasteiger partial charge in [0.25, 0.3) is 0 Å². The highest BCUT2D eigenvalue weighted by Crippen LogP contribution is 2.09. The molecule has 1 heterocycles. The molecule has 1 fully saturated rings. The molecule has 0 amide bonds. The molecule has 1 aliphatic rings. The molecule has 0 aromatic heterocycles. The van der Waals surface area contributed by atoms with Crippen LogP contribution < -0.4 is 0 Å². The van der Waals surface area contributed by atoms with Gasteiger partial charge >= 0.3 is 0 Å². The van der Waals surface area contributed by atoms with E-state index in [2.05, 4.69) is 25.8 Å². The molecule has 1 rings (SSSR count). The molecule has 0 radical (unpaired) electrons. The molecule has 1 aliphatic heterocycles. The van der Waals surface area contributed by atoms with Crippen LogP contribution in [0, 0.1) is 5.92 Å². The maximum Gasteiger partial charge on any atom is 0.158 e. The van der Waals surface area contributed by atoms with Crippen LogP contribution in [0.2, 0.25) is 0 Å². The summed E-state index contributed by atoms with van der Waals surface area (Å²) in [6.45, 7) is 8.49. The van der Waals surface area contributed by atoms with Crippen LogP contribution in [0.5, 0.6) is 0 Å². The SMILES string of the molecule is CC(C)CCN(C)CCC1OCCCO1. The molecule has 0 unspecified atom stereocenters. The molecule has 90 valence electrons. The normalized spacial score (nSPS) is 19.0. The van der Waals surface area contributed by atoms with Gasteiger partial charge in [-0.1, -0.05) is 13.8 Å². The molecular formula is C12H25NO2. The van der Waals surface area contributed by atoms with E-state index in [9.17, 15) is 0 Å². The van der Waals surface area contributed by atoms with Gasteiger partial charge in [-0.05, 0) is 32.4 Å². The standard InChI is InChI=1S/C12H25NO2/c1-11(2)5-7-13(3)8-6-12-14-9-4-10-15-12/h11-12H,4-10H2,1-3H3. The summed E-state index contributed by atoms with van der Waals surface area (Å²) < 4.78 is 11.0. The van der Waals surface area contributed by atoms with E-state index in [1.807, 2.05) is 0 Å². The first kappa shape index (κ1) is 12.9. The number of hydrogen-bond acceptors (Lipinski definition) is 3. The van der Waals surface area contributed by atoms with Crippen molar-refractivity contribution in [2.45, 2.75) is 39.4 Å². The molecule has 0 aromatic rings. The molecule has 0 aliphatic carbocycles. The average Bonchev–Trinajstić information content (AvgIpc) is 2.25. The molecule has 0 atom stereocenters. The summed E-state index contributed by atoms with van der Waals surface area (Å²) in [5.41, 5.74) is 0.